The Morgan fingerprint density at radius 1 is 1.22 bits per heavy atom. The Labute approximate surface area is 211 Å². The van der Waals surface area contributed by atoms with E-state index in [2.05, 4.69) is 9.97 Å². The van der Waals surface area contributed by atoms with Gasteiger partial charge >= 0.3 is 0 Å². The summed E-state index contributed by atoms with van der Waals surface area (Å²) in [6, 6.07) is 12.9. The molecule has 0 unspecified atom stereocenters. The highest BCUT2D eigenvalue weighted by Crippen LogP contribution is 2.30. The molecule has 0 aliphatic carbocycles. The van der Waals surface area contributed by atoms with Crippen LogP contribution in [0.4, 0.5) is 0 Å². The van der Waals surface area contributed by atoms with E-state index < -0.39 is 6.10 Å². The third-order valence-corrected chi connectivity index (χ3v) is 6.61. The minimum atomic E-state index is -0.423. The normalized spacial score (nSPS) is 18.5. The maximum absolute atomic E-state index is 13.6. The molecule has 3 heterocycles. The Morgan fingerprint density at radius 2 is 1.97 bits per heavy atom. The summed E-state index contributed by atoms with van der Waals surface area (Å²) in [5, 5.41) is 9.87. The summed E-state index contributed by atoms with van der Waals surface area (Å²) in [5.41, 5.74) is 3.72. The number of carbonyl (C=O) groups excluding carboxylic acids is 2. The predicted molar refractivity (Wildman–Crippen MR) is 137 cm³/mol. The van der Waals surface area contributed by atoms with Gasteiger partial charge < -0.3 is 19.6 Å². The van der Waals surface area contributed by atoms with Crippen LogP contribution >= 0.6 is 0 Å². The van der Waals surface area contributed by atoms with Gasteiger partial charge in [0.15, 0.2) is 0 Å². The highest BCUT2D eigenvalue weighted by atomic mass is 16.5. The summed E-state index contributed by atoms with van der Waals surface area (Å²) >= 11 is 0. The highest BCUT2D eigenvalue weighted by molar-refractivity contribution is 5.98. The standard InChI is InChI=1S/C28H32N4O4/c1-18-7-9-21(10-8-18)23-12-24-26(30-14-23)36-25(19(2)15-32(28(24)35)20(3)17-33)16-31(4)27(34)22-6-5-11-29-13-22/h5-14,19-20,25,33H,15-17H2,1-4H3/t19-,20-,25+/m0/s1. The summed E-state index contributed by atoms with van der Waals surface area (Å²) in [4.78, 5) is 38.4. The number of hydrogen-bond acceptors (Lipinski definition) is 6. The van der Waals surface area contributed by atoms with E-state index in [4.69, 9.17) is 4.74 Å². The van der Waals surface area contributed by atoms with Crippen LogP contribution in [0.5, 0.6) is 5.88 Å². The maximum atomic E-state index is 13.6. The van der Waals surface area contributed by atoms with Gasteiger partial charge in [-0.05, 0) is 37.6 Å². The number of pyridine rings is 2. The van der Waals surface area contributed by atoms with Crippen molar-refractivity contribution in [2.75, 3.05) is 26.7 Å². The second kappa shape index (κ2) is 10.9. The molecule has 1 aromatic carbocycles. The van der Waals surface area contributed by atoms with Crippen molar-refractivity contribution >= 4 is 11.8 Å². The van der Waals surface area contributed by atoms with Crippen LogP contribution in [0, 0.1) is 12.8 Å². The largest absolute Gasteiger partial charge is 0.472 e. The molecule has 0 radical (unpaired) electrons. The monoisotopic (exact) mass is 488 g/mol. The Balaban J connectivity index is 1.68. The molecule has 188 valence electrons. The zero-order valence-corrected chi connectivity index (χ0v) is 21.1. The highest BCUT2D eigenvalue weighted by Gasteiger charge is 2.35. The Kier molecular flexibility index (Phi) is 7.64. The summed E-state index contributed by atoms with van der Waals surface area (Å²) in [7, 11) is 1.72. The van der Waals surface area contributed by atoms with Gasteiger partial charge in [-0.3, -0.25) is 14.6 Å². The number of ether oxygens (including phenoxy) is 1. The van der Waals surface area contributed by atoms with E-state index in [1.54, 1.807) is 47.4 Å². The van der Waals surface area contributed by atoms with Gasteiger partial charge in [-0.2, -0.15) is 0 Å². The number of benzene rings is 1. The lowest BCUT2D eigenvalue weighted by atomic mass is 9.99. The molecular formula is C28H32N4O4. The molecule has 2 aromatic heterocycles. The van der Waals surface area contributed by atoms with E-state index in [-0.39, 0.29) is 36.3 Å². The minimum absolute atomic E-state index is 0.126. The van der Waals surface area contributed by atoms with E-state index in [0.29, 0.717) is 24.2 Å². The van der Waals surface area contributed by atoms with Crippen molar-refractivity contribution in [1.82, 2.24) is 19.8 Å². The number of amides is 2. The predicted octanol–water partition coefficient (Wildman–Crippen LogP) is 3.44. The first kappa shape index (κ1) is 25.3. The van der Waals surface area contributed by atoms with Gasteiger partial charge in [0.05, 0.1) is 24.8 Å². The number of carbonyl (C=O) groups is 2. The van der Waals surface area contributed by atoms with Gasteiger partial charge in [-0.25, -0.2) is 4.98 Å². The first-order chi connectivity index (χ1) is 17.3. The lowest BCUT2D eigenvalue weighted by Gasteiger charge is -2.37. The number of aliphatic hydroxyl groups is 1. The SMILES string of the molecule is Cc1ccc(-c2cnc3c(c2)C(=O)N([C@@H](C)CO)C[C@H](C)[C@@H](CN(C)C(=O)c2cccnc2)O3)cc1. The Hall–Kier alpha value is -3.78. The third-order valence-electron chi connectivity index (χ3n) is 6.61. The van der Waals surface area contributed by atoms with Crippen LogP contribution in [0.3, 0.4) is 0 Å². The van der Waals surface area contributed by atoms with Gasteiger partial charge in [-0.15, -0.1) is 0 Å². The number of likely N-dealkylation sites (N-methyl/N-ethyl adjacent to an activating group) is 1. The first-order valence-corrected chi connectivity index (χ1v) is 12.1. The van der Waals surface area contributed by atoms with Crippen molar-refractivity contribution in [2.24, 2.45) is 5.92 Å². The fraction of sp³-hybridized carbons (Fsp3) is 0.357. The van der Waals surface area contributed by atoms with E-state index in [1.807, 2.05) is 45.0 Å². The summed E-state index contributed by atoms with van der Waals surface area (Å²) in [5.74, 6) is -0.303. The van der Waals surface area contributed by atoms with Crippen molar-refractivity contribution in [3.63, 3.8) is 0 Å². The van der Waals surface area contributed by atoms with Crippen LogP contribution in [0.1, 0.15) is 40.1 Å². The van der Waals surface area contributed by atoms with E-state index >= 15 is 0 Å². The molecule has 2 amide bonds. The van der Waals surface area contributed by atoms with Gasteiger partial charge in [0.1, 0.15) is 11.7 Å². The Bertz CT molecular complexity index is 1220. The van der Waals surface area contributed by atoms with Crippen molar-refractivity contribution in [3.05, 3.63) is 77.7 Å². The smallest absolute Gasteiger partial charge is 0.259 e. The number of rotatable bonds is 6. The van der Waals surface area contributed by atoms with Crippen LogP contribution in [0.15, 0.2) is 61.1 Å². The maximum Gasteiger partial charge on any atom is 0.259 e. The number of aryl methyl sites for hydroxylation is 1. The first-order valence-electron chi connectivity index (χ1n) is 12.1. The molecule has 3 atom stereocenters. The fourth-order valence-electron chi connectivity index (χ4n) is 4.29. The van der Waals surface area contributed by atoms with Crippen molar-refractivity contribution in [2.45, 2.75) is 32.9 Å². The van der Waals surface area contributed by atoms with Crippen molar-refractivity contribution < 1.29 is 19.4 Å². The number of nitrogens with zero attached hydrogens (tertiary/aromatic N) is 4. The zero-order chi connectivity index (χ0) is 25.8. The van der Waals surface area contributed by atoms with Gasteiger partial charge in [0.2, 0.25) is 5.88 Å². The molecule has 0 fully saturated rings. The van der Waals surface area contributed by atoms with Crippen molar-refractivity contribution in [1.29, 1.82) is 0 Å². The molecular weight excluding hydrogens is 456 g/mol. The third kappa shape index (κ3) is 5.39. The molecule has 0 spiro atoms. The molecule has 0 bridgehead atoms. The topological polar surface area (TPSA) is 95.9 Å². The molecule has 0 saturated heterocycles. The average molecular weight is 489 g/mol. The Morgan fingerprint density at radius 3 is 2.64 bits per heavy atom. The molecule has 0 saturated carbocycles. The second-order valence-corrected chi connectivity index (χ2v) is 9.49. The van der Waals surface area contributed by atoms with Gasteiger partial charge in [-0.1, -0.05) is 36.8 Å². The van der Waals surface area contributed by atoms with Crippen LogP contribution in [0.2, 0.25) is 0 Å². The fourth-order valence-corrected chi connectivity index (χ4v) is 4.29. The lowest BCUT2D eigenvalue weighted by Crippen LogP contribution is -2.50. The molecule has 36 heavy (non-hydrogen) atoms. The minimum Gasteiger partial charge on any atom is -0.472 e. The summed E-state index contributed by atoms with van der Waals surface area (Å²) in [6.07, 6.45) is 4.44. The van der Waals surface area contributed by atoms with Gasteiger partial charge in [0.25, 0.3) is 11.8 Å². The number of aliphatic hydroxyl groups excluding tert-OH is 1. The quantitative estimate of drug-likeness (QED) is 0.571. The van der Waals surface area contributed by atoms with Crippen LogP contribution in [-0.2, 0) is 0 Å². The number of hydrogen-bond donors (Lipinski definition) is 1. The average Bonchev–Trinajstić information content (AvgIpc) is 2.90. The molecule has 1 N–H and O–H groups in total. The molecule has 3 aromatic rings. The molecule has 8 nitrogen and oxygen atoms in total. The molecule has 1 aliphatic rings. The molecule has 4 rings (SSSR count). The second-order valence-electron chi connectivity index (χ2n) is 9.49. The van der Waals surface area contributed by atoms with Crippen molar-refractivity contribution in [3.8, 4) is 17.0 Å². The summed E-state index contributed by atoms with van der Waals surface area (Å²) in [6.45, 7) is 6.31. The van der Waals surface area contributed by atoms with Crippen LogP contribution < -0.4 is 4.74 Å². The zero-order valence-electron chi connectivity index (χ0n) is 21.1. The molecule has 8 heteroatoms. The van der Waals surface area contributed by atoms with E-state index in [1.165, 1.54) is 6.20 Å². The number of aromatic nitrogens is 2. The molecule has 1 aliphatic heterocycles. The van der Waals surface area contributed by atoms with Crippen LogP contribution in [0.25, 0.3) is 11.1 Å². The number of fused-ring (bicyclic) bond motifs is 1. The van der Waals surface area contributed by atoms with E-state index in [0.717, 1.165) is 16.7 Å². The summed E-state index contributed by atoms with van der Waals surface area (Å²) < 4.78 is 6.32. The van der Waals surface area contributed by atoms with Gasteiger partial charge in [0, 0.05) is 43.7 Å². The van der Waals surface area contributed by atoms with Crippen LogP contribution in [-0.4, -0.2) is 75.6 Å². The van der Waals surface area contributed by atoms with E-state index in [9.17, 15) is 14.7 Å². The lowest BCUT2D eigenvalue weighted by molar-refractivity contribution is 0.0313.